The second-order valence-corrected chi connectivity index (χ2v) is 5.63. The lowest BCUT2D eigenvalue weighted by Gasteiger charge is -2.20. The second-order valence-electron chi connectivity index (χ2n) is 5.63. The number of hydrogen-bond acceptors (Lipinski definition) is 6. The lowest BCUT2D eigenvalue weighted by Crippen LogP contribution is -2.24. The molecule has 1 fully saturated rings. The number of likely N-dealkylation sites (tertiary alicyclic amines) is 1. The van der Waals surface area contributed by atoms with Gasteiger partial charge in [0, 0.05) is 31.4 Å². The van der Waals surface area contributed by atoms with Gasteiger partial charge in [-0.2, -0.15) is 10.1 Å². The average molecular weight is 291 g/mol. The molecule has 0 amide bonds. The van der Waals surface area contributed by atoms with Crippen molar-refractivity contribution in [2.45, 2.75) is 51.9 Å². The highest BCUT2D eigenvalue weighted by Crippen LogP contribution is 2.32. The van der Waals surface area contributed by atoms with E-state index in [4.69, 9.17) is 4.52 Å². The monoisotopic (exact) mass is 291 g/mol. The van der Waals surface area contributed by atoms with Crippen LogP contribution in [0.15, 0.2) is 16.9 Å². The number of aliphatic hydroxyl groups excluding tert-OH is 1. The fourth-order valence-electron chi connectivity index (χ4n) is 2.83. The fourth-order valence-corrected chi connectivity index (χ4v) is 2.83. The van der Waals surface area contributed by atoms with Crippen molar-refractivity contribution >= 4 is 0 Å². The van der Waals surface area contributed by atoms with Crippen LogP contribution in [0.3, 0.4) is 0 Å². The minimum atomic E-state index is -0.354. The van der Waals surface area contributed by atoms with Gasteiger partial charge in [-0.15, -0.1) is 0 Å². The van der Waals surface area contributed by atoms with E-state index in [0.29, 0.717) is 24.7 Å². The maximum atomic E-state index is 9.95. The predicted molar refractivity (Wildman–Crippen MR) is 75.3 cm³/mol. The molecule has 21 heavy (non-hydrogen) atoms. The third-order valence-electron chi connectivity index (χ3n) is 3.73. The van der Waals surface area contributed by atoms with Crippen molar-refractivity contribution in [2.75, 3.05) is 6.54 Å². The van der Waals surface area contributed by atoms with E-state index >= 15 is 0 Å². The SMILES string of the molecule is CCCn1cc(CN2C[C@H](O)C[C@@H]2c2nc(C)no2)cn1. The largest absolute Gasteiger partial charge is 0.392 e. The molecule has 2 aromatic rings. The molecule has 0 unspecified atom stereocenters. The highest BCUT2D eigenvalue weighted by Gasteiger charge is 2.35. The van der Waals surface area contributed by atoms with E-state index in [9.17, 15) is 5.11 Å². The molecule has 1 saturated heterocycles. The summed E-state index contributed by atoms with van der Waals surface area (Å²) < 4.78 is 7.23. The summed E-state index contributed by atoms with van der Waals surface area (Å²) in [5.41, 5.74) is 1.14. The summed E-state index contributed by atoms with van der Waals surface area (Å²) in [5.74, 6) is 1.21. The molecule has 2 aromatic heterocycles. The summed E-state index contributed by atoms with van der Waals surface area (Å²) in [6.07, 6.45) is 5.28. The lowest BCUT2D eigenvalue weighted by atomic mass is 10.2. The molecule has 1 aliphatic heterocycles. The molecule has 0 aliphatic carbocycles. The van der Waals surface area contributed by atoms with Gasteiger partial charge >= 0.3 is 0 Å². The molecule has 3 rings (SSSR count). The normalized spacial score (nSPS) is 23.0. The molecule has 1 N–H and O–H groups in total. The molecule has 0 radical (unpaired) electrons. The van der Waals surface area contributed by atoms with Crippen molar-refractivity contribution in [3.05, 3.63) is 29.7 Å². The third-order valence-corrected chi connectivity index (χ3v) is 3.73. The van der Waals surface area contributed by atoms with E-state index in [-0.39, 0.29) is 12.1 Å². The summed E-state index contributed by atoms with van der Waals surface area (Å²) >= 11 is 0. The zero-order valence-electron chi connectivity index (χ0n) is 12.4. The van der Waals surface area contributed by atoms with Crippen LogP contribution in [0.2, 0.25) is 0 Å². The maximum absolute atomic E-state index is 9.95. The summed E-state index contributed by atoms with van der Waals surface area (Å²) in [4.78, 5) is 6.47. The zero-order valence-corrected chi connectivity index (χ0v) is 12.4. The number of β-amino-alcohol motifs (C(OH)–C–C–N with tert-alkyl or cyclic N) is 1. The van der Waals surface area contributed by atoms with Gasteiger partial charge in [-0.1, -0.05) is 12.1 Å². The van der Waals surface area contributed by atoms with Crippen LogP contribution in [0, 0.1) is 6.92 Å². The van der Waals surface area contributed by atoms with Gasteiger partial charge < -0.3 is 9.63 Å². The van der Waals surface area contributed by atoms with E-state index in [1.165, 1.54) is 0 Å². The molecule has 1 aliphatic rings. The van der Waals surface area contributed by atoms with Crippen molar-refractivity contribution in [3.63, 3.8) is 0 Å². The number of nitrogens with zero attached hydrogens (tertiary/aromatic N) is 5. The Morgan fingerprint density at radius 3 is 3.05 bits per heavy atom. The van der Waals surface area contributed by atoms with E-state index in [0.717, 1.165) is 25.1 Å². The Morgan fingerprint density at radius 2 is 2.33 bits per heavy atom. The molecule has 7 nitrogen and oxygen atoms in total. The van der Waals surface area contributed by atoms with Gasteiger partial charge in [0.25, 0.3) is 0 Å². The van der Waals surface area contributed by atoms with Crippen molar-refractivity contribution in [1.82, 2.24) is 24.8 Å². The van der Waals surface area contributed by atoms with Crippen molar-refractivity contribution in [2.24, 2.45) is 0 Å². The number of aromatic nitrogens is 4. The van der Waals surface area contributed by atoms with Gasteiger partial charge in [-0.05, 0) is 19.8 Å². The maximum Gasteiger partial charge on any atom is 0.244 e. The molecular weight excluding hydrogens is 270 g/mol. The van der Waals surface area contributed by atoms with E-state index in [1.807, 2.05) is 10.9 Å². The van der Waals surface area contributed by atoms with Gasteiger partial charge in [0.1, 0.15) is 0 Å². The highest BCUT2D eigenvalue weighted by molar-refractivity contribution is 5.07. The molecule has 114 valence electrons. The Kier molecular flexibility index (Phi) is 4.03. The molecule has 0 bridgehead atoms. The van der Waals surface area contributed by atoms with Gasteiger partial charge in [-0.25, -0.2) is 0 Å². The Hall–Kier alpha value is -1.73. The summed E-state index contributed by atoms with van der Waals surface area (Å²) in [7, 11) is 0. The molecule has 2 atom stereocenters. The third kappa shape index (κ3) is 3.14. The standard InChI is InChI=1S/C14H21N5O2/c1-3-4-19-8-11(6-15-19)7-18-9-12(20)5-13(18)14-16-10(2)17-21-14/h6,8,12-13,20H,3-5,7,9H2,1-2H3/t12-,13-/m1/s1. The summed E-state index contributed by atoms with van der Waals surface area (Å²) in [5, 5.41) is 18.1. The zero-order chi connectivity index (χ0) is 14.8. The molecule has 3 heterocycles. The molecular formula is C14H21N5O2. The van der Waals surface area contributed by atoms with Gasteiger partial charge in [0.2, 0.25) is 5.89 Å². The first-order valence-electron chi connectivity index (χ1n) is 7.39. The topological polar surface area (TPSA) is 80.2 Å². The Balaban J connectivity index is 1.72. The van der Waals surface area contributed by atoms with Crippen molar-refractivity contribution in [1.29, 1.82) is 0 Å². The number of aryl methyl sites for hydroxylation is 2. The highest BCUT2D eigenvalue weighted by atomic mass is 16.5. The second kappa shape index (κ2) is 5.95. The lowest BCUT2D eigenvalue weighted by molar-refractivity contribution is 0.169. The first-order chi connectivity index (χ1) is 10.2. The van der Waals surface area contributed by atoms with E-state index in [1.54, 1.807) is 6.92 Å². The average Bonchev–Trinajstić information content (AvgIpc) is 3.12. The van der Waals surface area contributed by atoms with Crippen LogP contribution in [0.25, 0.3) is 0 Å². The van der Waals surface area contributed by atoms with Gasteiger partial charge in [-0.3, -0.25) is 9.58 Å². The van der Waals surface area contributed by atoms with Crippen molar-refractivity contribution in [3.8, 4) is 0 Å². The van der Waals surface area contributed by atoms with E-state index in [2.05, 4.69) is 33.3 Å². The number of hydrogen-bond donors (Lipinski definition) is 1. The first kappa shape index (κ1) is 14.2. The van der Waals surface area contributed by atoms with Crippen LogP contribution in [0.4, 0.5) is 0 Å². The molecule has 0 aromatic carbocycles. The molecule has 0 saturated carbocycles. The quantitative estimate of drug-likeness (QED) is 0.894. The van der Waals surface area contributed by atoms with Crippen LogP contribution in [-0.4, -0.2) is 42.6 Å². The van der Waals surface area contributed by atoms with E-state index < -0.39 is 0 Å². The predicted octanol–water partition coefficient (Wildman–Crippen LogP) is 1.29. The van der Waals surface area contributed by atoms with Crippen LogP contribution in [-0.2, 0) is 13.1 Å². The van der Waals surface area contributed by atoms with Crippen molar-refractivity contribution < 1.29 is 9.63 Å². The number of rotatable bonds is 5. The molecule has 0 spiro atoms. The Bertz CT molecular complexity index is 594. The minimum Gasteiger partial charge on any atom is -0.392 e. The fraction of sp³-hybridized carbons (Fsp3) is 0.643. The Labute approximate surface area is 123 Å². The van der Waals surface area contributed by atoms with Gasteiger partial charge in [0.05, 0.1) is 18.3 Å². The minimum absolute atomic E-state index is 0.0178. The Morgan fingerprint density at radius 1 is 1.48 bits per heavy atom. The van der Waals surface area contributed by atoms with Crippen LogP contribution < -0.4 is 0 Å². The first-order valence-corrected chi connectivity index (χ1v) is 7.39. The summed E-state index contributed by atoms with van der Waals surface area (Å²) in [6.45, 7) is 6.20. The summed E-state index contributed by atoms with van der Waals surface area (Å²) in [6, 6.07) is -0.0178. The van der Waals surface area contributed by atoms with Crippen LogP contribution in [0.5, 0.6) is 0 Å². The number of aliphatic hydroxyl groups is 1. The molecule has 7 heteroatoms. The smallest absolute Gasteiger partial charge is 0.244 e. The van der Waals surface area contributed by atoms with Crippen LogP contribution >= 0.6 is 0 Å². The van der Waals surface area contributed by atoms with Gasteiger partial charge in [0.15, 0.2) is 5.82 Å². The van der Waals surface area contributed by atoms with Crippen LogP contribution in [0.1, 0.15) is 43.1 Å².